The first-order valence-electron chi connectivity index (χ1n) is 8.59. The Morgan fingerprint density at radius 1 is 1.29 bits per heavy atom. The summed E-state index contributed by atoms with van der Waals surface area (Å²) in [5, 5.41) is 3.39. The summed E-state index contributed by atoms with van der Waals surface area (Å²) in [6, 6.07) is 5.11. The van der Waals surface area contributed by atoms with Crippen LogP contribution in [0.15, 0.2) is 18.2 Å². The van der Waals surface area contributed by atoms with Gasteiger partial charge in [0.25, 0.3) is 5.91 Å². The number of rotatable bonds is 6. The van der Waals surface area contributed by atoms with Crippen molar-refractivity contribution in [3.8, 4) is 0 Å². The van der Waals surface area contributed by atoms with Crippen molar-refractivity contribution in [3.63, 3.8) is 0 Å². The van der Waals surface area contributed by atoms with E-state index in [0.717, 1.165) is 32.4 Å². The Morgan fingerprint density at radius 3 is 2.96 bits per heavy atom. The van der Waals surface area contributed by atoms with Crippen LogP contribution in [0.5, 0.6) is 0 Å². The number of ether oxygens (including phenoxy) is 2. The number of nitrogens with zero attached hydrogens (tertiary/aromatic N) is 1. The molecule has 1 amide bonds. The SMILES string of the molecule is COCCOCc1cc(C(=O)N2C3CCNCC2CC3)ccc1F. The first-order valence-corrected chi connectivity index (χ1v) is 8.59. The van der Waals surface area contributed by atoms with Crippen LogP contribution in [-0.2, 0) is 16.1 Å². The fourth-order valence-electron chi connectivity index (χ4n) is 3.61. The molecule has 2 unspecified atom stereocenters. The third kappa shape index (κ3) is 3.77. The van der Waals surface area contributed by atoms with E-state index >= 15 is 0 Å². The van der Waals surface area contributed by atoms with Crippen molar-refractivity contribution in [2.75, 3.05) is 33.4 Å². The molecule has 0 aliphatic carbocycles. The summed E-state index contributed by atoms with van der Waals surface area (Å²) in [6.45, 7) is 2.80. The minimum Gasteiger partial charge on any atom is -0.382 e. The Balaban J connectivity index is 1.72. The van der Waals surface area contributed by atoms with Crippen LogP contribution < -0.4 is 5.32 Å². The lowest BCUT2D eigenvalue weighted by atomic mass is 10.1. The molecule has 24 heavy (non-hydrogen) atoms. The Labute approximate surface area is 142 Å². The molecule has 6 heteroatoms. The summed E-state index contributed by atoms with van der Waals surface area (Å²) in [6.07, 6.45) is 3.08. The van der Waals surface area contributed by atoms with Gasteiger partial charge in [-0.05, 0) is 44.0 Å². The van der Waals surface area contributed by atoms with Crippen molar-refractivity contribution in [1.29, 1.82) is 0 Å². The van der Waals surface area contributed by atoms with E-state index in [-0.39, 0.29) is 24.4 Å². The molecule has 2 aliphatic heterocycles. The molecular weight excluding hydrogens is 311 g/mol. The van der Waals surface area contributed by atoms with Gasteiger partial charge < -0.3 is 19.7 Å². The van der Waals surface area contributed by atoms with E-state index in [0.29, 0.717) is 30.4 Å². The van der Waals surface area contributed by atoms with Gasteiger partial charge in [-0.3, -0.25) is 4.79 Å². The number of carbonyl (C=O) groups is 1. The third-order valence-electron chi connectivity index (χ3n) is 4.87. The molecule has 1 N–H and O–H groups in total. The van der Waals surface area contributed by atoms with Crippen LogP contribution >= 0.6 is 0 Å². The van der Waals surface area contributed by atoms with E-state index < -0.39 is 0 Å². The molecule has 2 atom stereocenters. The van der Waals surface area contributed by atoms with E-state index in [9.17, 15) is 9.18 Å². The standard InChI is InChI=1S/C18H25FN2O3/c1-23-8-9-24-12-14-10-13(2-5-17(14)19)18(22)21-15-3-4-16(21)11-20-7-6-15/h2,5,10,15-16,20H,3-4,6-9,11-12H2,1H3. The second kappa shape index (κ2) is 8.05. The number of hydrogen-bond donors (Lipinski definition) is 1. The van der Waals surface area contributed by atoms with E-state index in [1.165, 1.54) is 6.07 Å². The number of methoxy groups -OCH3 is 1. The quantitative estimate of drug-likeness (QED) is 0.807. The van der Waals surface area contributed by atoms with Crippen molar-refractivity contribution >= 4 is 5.91 Å². The number of hydrogen-bond acceptors (Lipinski definition) is 4. The first-order chi connectivity index (χ1) is 11.7. The Hall–Kier alpha value is -1.50. The maximum absolute atomic E-state index is 14.0. The van der Waals surface area contributed by atoms with Crippen LogP contribution in [0.3, 0.4) is 0 Å². The van der Waals surface area contributed by atoms with Gasteiger partial charge in [-0.2, -0.15) is 0 Å². The van der Waals surface area contributed by atoms with Crippen LogP contribution in [0, 0.1) is 5.82 Å². The lowest BCUT2D eigenvalue weighted by molar-refractivity contribution is 0.0601. The minimum absolute atomic E-state index is 0.00402. The molecule has 2 saturated heterocycles. The van der Waals surface area contributed by atoms with E-state index in [2.05, 4.69) is 5.32 Å². The fourth-order valence-corrected chi connectivity index (χ4v) is 3.61. The number of benzene rings is 1. The Morgan fingerprint density at radius 2 is 2.12 bits per heavy atom. The molecule has 0 radical (unpaired) electrons. The lowest BCUT2D eigenvalue weighted by Gasteiger charge is -2.28. The smallest absolute Gasteiger partial charge is 0.254 e. The zero-order chi connectivity index (χ0) is 16.9. The molecular formula is C18H25FN2O3. The highest BCUT2D eigenvalue weighted by atomic mass is 19.1. The molecule has 1 aromatic rings. The van der Waals surface area contributed by atoms with Crippen LogP contribution in [0.25, 0.3) is 0 Å². The number of carbonyl (C=O) groups excluding carboxylic acids is 1. The average molecular weight is 336 g/mol. The normalized spacial score (nSPS) is 23.3. The number of fused-ring (bicyclic) bond motifs is 2. The lowest BCUT2D eigenvalue weighted by Crippen LogP contribution is -2.42. The molecule has 2 fully saturated rings. The summed E-state index contributed by atoms with van der Waals surface area (Å²) < 4.78 is 24.3. The largest absolute Gasteiger partial charge is 0.382 e. The number of amides is 1. The Kier molecular flexibility index (Phi) is 5.81. The van der Waals surface area contributed by atoms with Gasteiger partial charge in [0, 0.05) is 36.9 Å². The van der Waals surface area contributed by atoms with Gasteiger partial charge in [-0.15, -0.1) is 0 Å². The van der Waals surface area contributed by atoms with Crippen molar-refractivity contribution in [3.05, 3.63) is 35.1 Å². The molecule has 0 spiro atoms. The van der Waals surface area contributed by atoms with Gasteiger partial charge in [0.15, 0.2) is 0 Å². The van der Waals surface area contributed by atoms with Crippen LogP contribution in [0.4, 0.5) is 4.39 Å². The topological polar surface area (TPSA) is 50.8 Å². The molecule has 5 nitrogen and oxygen atoms in total. The van der Waals surface area contributed by atoms with Crippen molar-refractivity contribution < 1.29 is 18.7 Å². The highest BCUT2D eigenvalue weighted by molar-refractivity contribution is 5.95. The van der Waals surface area contributed by atoms with Gasteiger partial charge in [0.2, 0.25) is 0 Å². The molecule has 1 aromatic carbocycles. The molecule has 0 aromatic heterocycles. The second-order valence-electron chi connectivity index (χ2n) is 6.44. The van der Waals surface area contributed by atoms with Crippen molar-refractivity contribution in [2.24, 2.45) is 0 Å². The van der Waals surface area contributed by atoms with E-state index in [4.69, 9.17) is 9.47 Å². The van der Waals surface area contributed by atoms with Gasteiger partial charge in [0.05, 0.1) is 19.8 Å². The highest BCUT2D eigenvalue weighted by Gasteiger charge is 2.38. The summed E-state index contributed by atoms with van der Waals surface area (Å²) in [7, 11) is 1.59. The van der Waals surface area contributed by atoms with Crippen molar-refractivity contribution in [2.45, 2.75) is 38.0 Å². The molecule has 2 heterocycles. The summed E-state index contributed by atoms with van der Waals surface area (Å²) >= 11 is 0. The summed E-state index contributed by atoms with van der Waals surface area (Å²) in [5.74, 6) is -0.339. The van der Waals surface area contributed by atoms with E-state index in [1.54, 1.807) is 19.2 Å². The first kappa shape index (κ1) is 17.3. The average Bonchev–Trinajstić information content (AvgIpc) is 2.85. The third-order valence-corrected chi connectivity index (χ3v) is 4.87. The summed E-state index contributed by atoms with van der Waals surface area (Å²) in [5.41, 5.74) is 0.956. The highest BCUT2D eigenvalue weighted by Crippen LogP contribution is 2.30. The van der Waals surface area contributed by atoms with Crippen LogP contribution in [0.2, 0.25) is 0 Å². The predicted molar refractivity (Wildman–Crippen MR) is 88.4 cm³/mol. The molecule has 2 bridgehead atoms. The molecule has 3 rings (SSSR count). The fraction of sp³-hybridized carbons (Fsp3) is 0.611. The second-order valence-corrected chi connectivity index (χ2v) is 6.44. The maximum Gasteiger partial charge on any atom is 0.254 e. The molecule has 2 aliphatic rings. The zero-order valence-electron chi connectivity index (χ0n) is 14.1. The maximum atomic E-state index is 14.0. The van der Waals surface area contributed by atoms with Gasteiger partial charge >= 0.3 is 0 Å². The zero-order valence-corrected chi connectivity index (χ0v) is 14.1. The van der Waals surface area contributed by atoms with Crippen LogP contribution in [0.1, 0.15) is 35.2 Å². The minimum atomic E-state index is -0.343. The molecule has 132 valence electrons. The van der Waals surface area contributed by atoms with Gasteiger partial charge in [0.1, 0.15) is 5.82 Å². The van der Waals surface area contributed by atoms with E-state index in [1.807, 2.05) is 4.90 Å². The van der Waals surface area contributed by atoms with Crippen molar-refractivity contribution in [1.82, 2.24) is 10.2 Å². The monoisotopic (exact) mass is 336 g/mol. The van der Waals surface area contributed by atoms with Gasteiger partial charge in [-0.1, -0.05) is 0 Å². The summed E-state index contributed by atoms with van der Waals surface area (Å²) in [4.78, 5) is 15.0. The number of halogens is 1. The number of nitrogens with one attached hydrogen (secondary N) is 1. The molecule has 0 saturated carbocycles. The van der Waals surface area contributed by atoms with Crippen LogP contribution in [-0.4, -0.2) is 56.3 Å². The van der Waals surface area contributed by atoms with Gasteiger partial charge in [-0.25, -0.2) is 4.39 Å². The Bertz CT molecular complexity index is 567. The predicted octanol–water partition coefficient (Wildman–Crippen LogP) is 1.96.